The molecule has 1 rings (SSSR count). The van der Waals surface area contributed by atoms with Gasteiger partial charge >= 0.3 is 0 Å². The van der Waals surface area contributed by atoms with E-state index in [1.54, 1.807) is 0 Å². The first-order valence-corrected chi connectivity index (χ1v) is 6.07. The van der Waals surface area contributed by atoms with E-state index < -0.39 is 19.8 Å². The zero-order valence-electron chi connectivity index (χ0n) is 7.95. The van der Waals surface area contributed by atoms with Crippen molar-refractivity contribution in [1.29, 1.82) is 0 Å². The highest BCUT2D eigenvalue weighted by Gasteiger charge is 2.23. The number of methoxy groups -OCH3 is 2. The molecule has 0 aliphatic heterocycles. The Bertz CT molecular complexity index is 472. The minimum atomic E-state index is -4.18. The van der Waals surface area contributed by atoms with Gasteiger partial charge in [0.25, 0.3) is 9.05 Å². The molecule has 0 radical (unpaired) electrons. The molecule has 0 bridgehead atoms. The standard InChI is InChI=1S/C8H8ClFO4S/c1-13-5-3-6(10)8(15(9,11)12)7(4-5)14-2/h3-4H,1-2H3. The number of halogens is 2. The zero-order valence-corrected chi connectivity index (χ0v) is 9.52. The van der Waals surface area contributed by atoms with Crippen LogP contribution in [0.2, 0.25) is 0 Å². The molecule has 0 aliphatic rings. The summed E-state index contributed by atoms with van der Waals surface area (Å²) in [5, 5.41) is 0. The van der Waals surface area contributed by atoms with Crippen molar-refractivity contribution in [2.24, 2.45) is 0 Å². The Morgan fingerprint density at radius 3 is 2.27 bits per heavy atom. The molecule has 4 nitrogen and oxygen atoms in total. The molecule has 0 N–H and O–H groups in total. The van der Waals surface area contributed by atoms with Gasteiger partial charge in [0.2, 0.25) is 0 Å². The minimum Gasteiger partial charge on any atom is -0.497 e. The van der Waals surface area contributed by atoms with Crippen LogP contribution in [-0.4, -0.2) is 22.6 Å². The van der Waals surface area contributed by atoms with Gasteiger partial charge in [-0.1, -0.05) is 0 Å². The van der Waals surface area contributed by atoms with Gasteiger partial charge in [0.1, 0.15) is 11.5 Å². The van der Waals surface area contributed by atoms with Crippen molar-refractivity contribution in [1.82, 2.24) is 0 Å². The molecule has 0 atom stereocenters. The predicted molar refractivity (Wildman–Crippen MR) is 52.5 cm³/mol. The van der Waals surface area contributed by atoms with Crippen LogP contribution in [0.4, 0.5) is 4.39 Å². The van der Waals surface area contributed by atoms with Gasteiger partial charge in [0, 0.05) is 22.8 Å². The smallest absolute Gasteiger partial charge is 0.267 e. The van der Waals surface area contributed by atoms with E-state index in [9.17, 15) is 12.8 Å². The number of benzene rings is 1. The molecule has 0 unspecified atom stereocenters. The van der Waals surface area contributed by atoms with Crippen LogP contribution in [-0.2, 0) is 9.05 Å². The molecule has 84 valence electrons. The summed E-state index contributed by atoms with van der Waals surface area (Å²) in [5.74, 6) is -1.06. The van der Waals surface area contributed by atoms with Crippen molar-refractivity contribution in [3.63, 3.8) is 0 Å². The third kappa shape index (κ3) is 2.51. The van der Waals surface area contributed by atoms with Gasteiger partial charge < -0.3 is 9.47 Å². The lowest BCUT2D eigenvalue weighted by atomic mass is 10.3. The molecule has 0 heterocycles. The molecular weight excluding hydrogens is 247 g/mol. The summed E-state index contributed by atoms with van der Waals surface area (Å²) in [4.78, 5) is -0.688. The summed E-state index contributed by atoms with van der Waals surface area (Å²) < 4.78 is 44.9. The second-order valence-corrected chi connectivity index (χ2v) is 5.08. The Hall–Kier alpha value is -1.01. The third-order valence-electron chi connectivity index (χ3n) is 1.68. The van der Waals surface area contributed by atoms with Gasteiger partial charge in [-0.15, -0.1) is 0 Å². The van der Waals surface area contributed by atoms with Crippen LogP contribution in [0.25, 0.3) is 0 Å². The predicted octanol–water partition coefficient (Wildman–Crippen LogP) is 1.77. The number of hydrogen-bond donors (Lipinski definition) is 0. The van der Waals surface area contributed by atoms with Crippen molar-refractivity contribution in [3.05, 3.63) is 17.9 Å². The molecule has 15 heavy (non-hydrogen) atoms. The highest BCUT2D eigenvalue weighted by Crippen LogP contribution is 2.33. The van der Waals surface area contributed by atoms with Crippen molar-refractivity contribution in [2.75, 3.05) is 14.2 Å². The van der Waals surface area contributed by atoms with E-state index in [-0.39, 0.29) is 11.5 Å². The minimum absolute atomic E-state index is 0.147. The highest BCUT2D eigenvalue weighted by atomic mass is 35.7. The van der Waals surface area contributed by atoms with Crippen molar-refractivity contribution >= 4 is 19.7 Å². The van der Waals surface area contributed by atoms with E-state index >= 15 is 0 Å². The second-order valence-electron chi connectivity index (χ2n) is 2.58. The molecule has 0 aromatic heterocycles. The normalized spacial score (nSPS) is 11.2. The Balaban J connectivity index is 3.52. The van der Waals surface area contributed by atoms with Crippen LogP contribution in [0.15, 0.2) is 17.0 Å². The maximum atomic E-state index is 13.4. The molecule has 1 aromatic carbocycles. The van der Waals surface area contributed by atoms with Gasteiger partial charge in [-0.2, -0.15) is 0 Å². The fourth-order valence-corrected chi connectivity index (χ4v) is 2.17. The fraction of sp³-hybridized carbons (Fsp3) is 0.250. The Labute approximate surface area is 91.0 Å². The van der Waals surface area contributed by atoms with Gasteiger partial charge in [0.15, 0.2) is 10.7 Å². The Morgan fingerprint density at radius 2 is 1.87 bits per heavy atom. The molecular formula is C8H8ClFO4S. The first-order chi connectivity index (χ1) is 6.90. The summed E-state index contributed by atoms with van der Waals surface area (Å²) in [6.07, 6.45) is 0. The SMILES string of the molecule is COc1cc(F)c(S(=O)(=O)Cl)c(OC)c1. The fourth-order valence-electron chi connectivity index (χ4n) is 1.05. The highest BCUT2D eigenvalue weighted by molar-refractivity contribution is 8.13. The lowest BCUT2D eigenvalue weighted by Gasteiger charge is -2.08. The number of hydrogen-bond acceptors (Lipinski definition) is 4. The van der Waals surface area contributed by atoms with Gasteiger partial charge in [-0.05, 0) is 0 Å². The van der Waals surface area contributed by atoms with Crippen LogP contribution < -0.4 is 9.47 Å². The van der Waals surface area contributed by atoms with Gasteiger partial charge in [0.05, 0.1) is 14.2 Å². The van der Waals surface area contributed by atoms with Gasteiger partial charge in [-0.3, -0.25) is 0 Å². The number of ether oxygens (including phenoxy) is 2. The quantitative estimate of drug-likeness (QED) is 0.772. The third-order valence-corrected chi connectivity index (χ3v) is 3.03. The molecule has 0 saturated carbocycles. The van der Waals surface area contributed by atoms with E-state index in [0.29, 0.717) is 0 Å². The maximum Gasteiger partial charge on any atom is 0.267 e. The zero-order chi connectivity index (χ0) is 11.6. The topological polar surface area (TPSA) is 52.6 Å². The van der Waals surface area contributed by atoms with E-state index in [1.165, 1.54) is 20.3 Å². The average molecular weight is 255 g/mol. The Morgan fingerprint density at radius 1 is 1.27 bits per heavy atom. The number of rotatable bonds is 3. The van der Waals surface area contributed by atoms with Crippen molar-refractivity contribution in [3.8, 4) is 11.5 Å². The average Bonchev–Trinajstić information content (AvgIpc) is 2.14. The Kier molecular flexibility index (Phi) is 3.41. The lowest BCUT2D eigenvalue weighted by Crippen LogP contribution is -2.01. The van der Waals surface area contributed by atoms with Gasteiger partial charge in [-0.25, -0.2) is 12.8 Å². The molecule has 0 amide bonds. The summed E-state index contributed by atoms with van der Waals surface area (Å²) in [5.41, 5.74) is 0. The van der Waals surface area contributed by atoms with Crippen LogP contribution in [0.1, 0.15) is 0 Å². The summed E-state index contributed by atoms with van der Waals surface area (Å²) in [6, 6.07) is 2.15. The molecule has 1 aromatic rings. The van der Waals surface area contributed by atoms with E-state index in [0.717, 1.165) is 6.07 Å². The van der Waals surface area contributed by atoms with Crippen LogP contribution in [0.3, 0.4) is 0 Å². The molecule has 0 spiro atoms. The first-order valence-electron chi connectivity index (χ1n) is 3.76. The van der Waals surface area contributed by atoms with Crippen molar-refractivity contribution in [2.45, 2.75) is 4.90 Å². The summed E-state index contributed by atoms with van der Waals surface area (Å²) >= 11 is 0. The van der Waals surface area contributed by atoms with E-state index in [2.05, 4.69) is 0 Å². The largest absolute Gasteiger partial charge is 0.497 e. The summed E-state index contributed by atoms with van der Waals surface area (Å²) in [6.45, 7) is 0. The molecule has 7 heteroatoms. The molecule has 0 saturated heterocycles. The molecule has 0 fully saturated rings. The lowest BCUT2D eigenvalue weighted by molar-refractivity contribution is 0.377. The second kappa shape index (κ2) is 4.24. The summed E-state index contributed by atoms with van der Waals surface area (Å²) in [7, 11) is 3.40. The van der Waals surface area contributed by atoms with Crippen LogP contribution >= 0.6 is 10.7 Å². The van der Waals surface area contributed by atoms with Crippen LogP contribution in [0, 0.1) is 5.82 Å². The molecule has 0 aliphatic carbocycles. The first kappa shape index (κ1) is 12.1. The maximum absolute atomic E-state index is 13.4. The van der Waals surface area contributed by atoms with E-state index in [4.69, 9.17) is 20.2 Å². The van der Waals surface area contributed by atoms with E-state index in [1.807, 2.05) is 0 Å². The van der Waals surface area contributed by atoms with Crippen molar-refractivity contribution < 1.29 is 22.3 Å². The van der Waals surface area contributed by atoms with Crippen LogP contribution in [0.5, 0.6) is 11.5 Å². The monoisotopic (exact) mass is 254 g/mol.